The minimum atomic E-state index is -1.15. The number of nitrogens with one attached hydrogen (secondary N) is 2. The van der Waals surface area contributed by atoms with Gasteiger partial charge in [0, 0.05) is 6.20 Å². The molecule has 0 saturated carbocycles. The summed E-state index contributed by atoms with van der Waals surface area (Å²) in [5.74, 6) is -1.80. The molecule has 0 aromatic carbocycles. The van der Waals surface area contributed by atoms with Gasteiger partial charge >= 0.3 is 5.97 Å². The van der Waals surface area contributed by atoms with Crippen molar-refractivity contribution < 1.29 is 14.7 Å². The van der Waals surface area contributed by atoms with Crippen molar-refractivity contribution in [3.8, 4) is 0 Å². The van der Waals surface area contributed by atoms with Crippen molar-refractivity contribution in [3.05, 3.63) is 28.4 Å². The Morgan fingerprint density at radius 3 is 2.73 bits per heavy atom. The zero-order valence-corrected chi connectivity index (χ0v) is 7.85. The van der Waals surface area contributed by atoms with Crippen molar-refractivity contribution in [2.75, 3.05) is 0 Å². The smallest absolute Gasteiger partial charge is 0.325 e. The molecule has 0 saturated heterocycles. The normalized spacial score (nSPS) is 11.8. The summed E-state index contributed by atoms with van der Waals surface area (Å²) in [6.45, 7) is 1.33. The van der Waals surface area contributed by atoms with Gasteiger partial charge in [-0.05, 0) is 6.92 Å². The lowest BCUT2D eigenvalue weighted by Crippen LogP contribution is -2.38. The highest BCUT2D eigenvalue weighted by atomic mass is 16.4. The quantitative estimate of drug-likeness (QED) is 0.592. The first kappa shape index (κ1) is 10.9. The first-order valence-corrected chi connectivity index (χ1v) is 4.09. The van der Waals surface area contributed by atoms with E-state index < -0.39 is 23.5 Å². The van der Waals surface area contributed by atoms with Crippen molar-refractivity contribution in [2.45, 2.75) is 13.0 Å². The third-order valence-electron chi connectivity index (χ3n) is 1.62. The molecule has 0 aliphatic carbocycles. The molecule has 0 bridgehead atoms. The fourth-order valence-corrected chi connectivity index (χ4v) is 0.799. The van der Waals surface area contributed by atoms with Crippen LogP contribution in [0.1, 0.15) is 17.4 Å². The molecule has 1 heterocycles. The van der Waals surface area contributed by atoms with Crippen molar-refractivity contribution in [2.24, 2.45) is 0 Å². The minimum Gasteiger partial charge on any atom is -0.480 e. The molecule has 1 atom stereocenters. The molecule has 0 spiro atoms. The maximum Gasteiger partial charge on any atom is 0.325 e. The van der Waals surface area contributed by atoms with Crippen LogP contribution in [-0.2, 0) is 4.79 Å². The summed E-state index contributed by atoms with van der Waals surface area (Å²) >= 11 is 0. The number of nitrogens with zero attached hydrogens (tertiary/aromatic N) is 1. The predicted molar refractivity (Wildman–Crippen MR) is 49.4 cm³/mol. The van der Waals surface area contributed by atoms with Crippen LogP contribution in [0.3, 0.4) is 0 Å². The van der Waals surface area contributed by atoms with Gasteiger partial charge in [0.25, 0.3) is 11.5 Å². The van der Waals surface area contributed by atoms with E-state index in [-0.39, 0.29) is 5.69 Å². The third kappa shape index (κ3) is 2.90. The van der Waals surface area contributed by atoms with Crippen molar-refractivity contribution in [1.29, 1.82) is 0 Å². The van der Waals surface area contributed by atoms with Gasteiger partial charge in [-0.25, -0.2) is 4.98 Å². The van der Waals surface area contributed by atoms with Crippen LogP contribution in [0.4, 0.5) is 0 Å². The number of carboxylic acids is 1. The Hall–Kier alpha value is -2.18. The van der Waals surface area contributed by atoms with Gasteiger partial charge in [0.1, 0.15) is 11.7 Å². The Morgan fingerprint density at radius 2 is 2.27 bits per heavy atom. The lowest BCUT2D eigenvalue weighted by molar-refractivity contribution is -0.138. The largest absolute Gasteiger partial charge is 0.480 e. The average molecular weight is 211 g/mol. The van der Waals surface area contributed by atoms with Crippen molar-refractivity contribution in [3.63, 3.8) is 0 Å². The summed E-state index contributed by atoms with van der Waals surface area (Å²) in [6.07, 6.45) is 2.06. The number of aromatic nitrogens is 2. The first-order valence-electron chi connectivity index (χ1n) is 4.09. The van der Waals surface area contributed by atoms with Gasteiger partial charge < -0.3 is 15.4 Å². The molecule has 0 radical (unpaired) electrons. The summed E-state index contributed by atoms with van der Waals surface area (Å²) < 4.78 is 0. The molecule has 0 aliphatic rings. The van der Waals surface area contributed by atoms with E-state index in [4.69, 9.17) is 5.11 Å². The molecule has 0 fully saturated rings. The third-order valence-corrected chi connectivity index (χ3v) is 1.62. The van der Waals surface area contributed by atoms with Crippen LogP contribution in [0.2, 0.25) is 0 Å². The number of amides is 1. The van der Waals surface area contributed by atoms with Gasteiger partial charge in [-0.2, -0.15) is 0 Å². The monoisotopic (exact) mass is 211 g/mol. The molecule has 7 heteroatoms. The van der Waals surface area contributed by atoms with Crippen LogP contribution in [0.5, 0.6) is 0 Å². The van der Waals surface area contributed by atoms with Crippen LogP contribution in [0.15, 0.2) is 17.2 Å². The molecule has 0 unspecified atom stereocenters. The SMILES string of the molecule is C[C@@H](NC(=O)c1c[nH]c(=O)cn1)C(=O)O. The Kier molecular flexibility index (Phi) is 3.17. The zero-order chi connectivity index (χ0) is 11.4. The number of hydrogen-bond acceptors (Lipinski definition) is 4. The molecule has 80 valence electrons. The highest BCUT2D eigenvalue weighted by Gasteiger charge is 2.15. The van der Waals surface area contributed by atoms with E-state index in [9.17, 15) is 14.4 Å². The Morgan fingerprint density at radius 1 is 1.60 bits per heavy atom. The standard InChI is InChI=1S/C8H9N3O4/c1-4(8(14)15)11-7(13)5-2-10-6(12)3-9-5/h2-4H,1H3,(H,10,12)(H,11,13)(H,14,15)/t4-/m1/s1. The molecule has 0 aliphatic heterocycles. The van der Waals surface area contributed by atoms with Crippen LogP contribution in [0, 0.1) is 0 Å². The lowest BCUT2D eigenvalue weighted by atomic mass is 10.3. The number of hydrogen-bond donors (Lipinski definition) is 3. The second-order valence-corrected chi connectivity index (χ2v) is 2.83. The van der Waals surface area contributed by atoms with Gasteiger partial charge in [-0.15, -0.1) is 0 Å². The number of rotatable bonds is 3. The van der Waals surface area contributed by atoms with Gasteiger partial charge in [0.15, 0.2) is 0 Å². The Labute approximate surface area is 84.2 Å². The summed E-state index contributed by atoms with van der Waals surface area (Å²) in [5.41, 5.74) is -0.472. The molecule has 1 aromatic rings. The van der Waals surface area contributed by atoms with Gasteiger partial charge in [-0.3, -0.25) is 14.4 Å². The number of carboxylic acid groups (broad SMARTS) is 1. The lowest BCUT2D eigenvalue weighted by Gasteiger charge is -2.07. The van der Waals surface area contributed by atoms with Crippen LogP contribution >= 0.6 is 0 Å². The predicted octanol–water partition coefficient (Wildman–Crippen LogP) is -1.03. The van der Waals surface area contributed by atoms with E-state index in [1.807, 2.05) is 0 Å². The number of H-pyrrole nitrogens is 1. The summed E-state index contributed by atoms with van der Waals surface area (Å²) in [5, 5.41) is 10.7. The van der Waals surface area contributed by atoms with Gasteiger partial charge in [0.2, 0.25) is 0 Å². The number of carbonyl (C=O) groups is 2. The van der Waals surface area contributed by atoms with Crippen LogP contribution in [-0.4, -0.2) is 33.0 Å². The van der Waals surface area contributed by atoms with E-state index in [1.165, 1.54) is 6.92 Å². The average Bonchev–Trinajstić information content (AvgIpc) is 2.18. The second-order valence-electron chi connectivity index (χ2n) is 2.83. The van der Waals surface area contributed by atoms with Crippen molar-refractivity contribution >= 4 is 11.9 Å². The maximum atomic E-state index is 11.3. The van der Waals surface area contributed by atoms with E-state index in [2.05, 4.69) is 15.3 Å². The zero-order valence-electron chi connectivity index (χ0n) is 7.85. The number of aromatic amines is 1. The summed E-state index contributed by atoms with van der Waals surface area (Å²) in [6, 6.07) is -1.01. The minimum absolute atomic E-state index is 0.0392. The molecule has 15 heavy (non-hydrogen) atoms. The van der Waals surface area contributed by atoms with Gasteiger partial charge in [-0.1, -0.05) is 0 Å². The molecule has 1 aromatic heterocycles. The highest BCUT2D eigenvalue weighted by Crippen LogP contribution is 1.90. The second kappa shape index (κ2) is 4.36. The maximum absolute atomic E-state index is 11.3. The van der Waals surface area contributed by atoms with Crippen molar-refractivity contribution in [1.82, 2.24) is 15.3 Å². The fourth-order valence-electron chi connectivity index (χ4n) is 0.799. The van der Waals surface area contributed by atoms with E-state index in [1.54, 1.807) is 0 Å². The van der Waals surface area contributed by atoms with Crippen LogP contribution < -0.4 is 10.9 Å². The summed E-state index contributed by atoms with van der Waals surface area (Å²) in [7, 11) is 0. The Bertz CT molecular complexity index is 419. The number of carbonyl (C=O) groups excluding carboxylic acids is 1. The van der Waals surface area contributed by atoms with Gasteiger partial charge in [0.05, 0.1) is 6.20 Å². The van der Waals surface area contributed by atoms with E-state index in [0.717, 1.165) is 12.4 Å². The molecular formula is C8H9N3O4. The topological polar surface area (TPSA) is 112 Å². The first-order chi connectivity index (χ1) is 7.00. The number of aliphatic carboxylic acids is 1. The van der Waals surface area contributed by atoms with E-state index >= 15 is 0 Å². The molecule has 7 nitrogen and oxygen atoms in total. The molecular weight excluding hydrogens is 202 g/mol. The highest BCUT2D eigenvalue weighted by molar-refractivity contribution is 5.94. The van der Waals surface area contributed by atoms with E-state index in [0.29, 0.717) is 0 Å². The Balaban J connectivity index is 2.73. The summed E-state index contributed by atoms with van der Waals surface area (Å²) in [4.78, 5) is 38.2. The molecule has 1 amide bonds. The molecule has 3 N–H and O–H groups in total. The van der Waals surface area contributed by atoms with Crippen LogP contribution in [0.25, 0.3) is 0 Å². The molecule has 1 rings (SSSR count). The fraction of sp³-hybridized carbons (Fsp3) is 0.250.